The highest BCUT2D eigenvalue weighted by molar-refractivity contribution is 5.94. The normalized spacial score (nSPS) is 14.2. The average Bonchev–Trinajstić information content (AvgIpc) is 2.74. The first kappa shape index (κ1) is 20.9. The van der Waals surface area contributed by atoms with Gasteiger partial charge in [0.05, 0.1) is 0 Å². The number of aryl methyl sites for hydroxylation is 1. The van der Waals surface area contributed by atoms with Crippen LogP contribution in [0.15, 0.2) is 42.5 Å². The predicted molar refractivity (Wildman–Crippen MR) is 114 cm³/mol. The van der Waals surface area contributed by atoms with Crippen molar-refractivity contribution in [3.63, 3.8) is 0 Å². The van der Waals surface area contributed by atoms with E-state index in [1.54, 1.807) is 4.90 Å². The van der Waals surface area contributed by atoms with Crippen LogP contribution in [0.25, 0.3) is 0 Å². The zero-order valence-electron chi connectivity index (χ0n) is 17.8. The van der Waals surface area contributed by atoms with Crippen molar-refractivity contribution in [2.45, 2.75) is 33.6 Å². The molecular weight excluding hydrogens is 364 g/mol. The van der Waals surface area contributed by atoms with E-state index < -0.39 is 0 Å². The number of nitrogens with zero attached hydrogens (tertiary/aromatic N) is 2. The number of carbonyl (C=O) groups excluding carboxylic acids is 2. The molecular formula is C24H30N2O3. The maximum atomic E-state index is 12.7. The van der Waals surface area contributed by atoms with E-state index in [9.17, 15) is 9.59 Å². The summed E-state index contributed by atoms with van der Waals surface area (Å²) >= 11 is 0. The van der Waals surface area contributed by atoms with Crippen LogP contribution in [0.1, 0.15) is 46.8 Å². The second-order valence-electron chi connectivity index (χ2n) is 7.94. The van der Waals surface area contributed by atoms with E-state index >= 15 is 0 Å². The third-order valence-corrected chi connectivity index (χ3v) is 5.65. The molecule has 5 nitrogen and oxygen atoms in total. The number of hydrogen-bond acceptors (Lipinski definition) is 3. The molecule has 0 saturated carbocycles. The molecule has 0 bridgehead atoms. The molecule has 0 unspecified atom stereocenters. The van der Waals surface area contributed by atoms with Crippen LogP contribution in [0.4, 0.5) is 0 Å². The van der Waals surface area contributed by atoms with Gasteiger partial charge in [0.25, 0.3) is 11.8 Å². The second-order valence-corrected chi connectivity index (χ2v) is 7.94. The Morgan fingerprint density at radius 3 is 2.17 bits per heavy atom. The number of amides is 2. The van der Waals surface area contributed by atoms with E-state index in [1.165, 1.54) is 5.56 Å². The van der Waals surface area contributed by atoms with E-state index in [0.29, 0.717) is 37.7 Å². The van der Waals surface area contributed by atoms with Crippen molar-refractivity contribution >= 4 is 11.8 Å². The number of piperazine rings is 1. The van der Waals surface area contributed by atoms with Gasteiger partial charge >= 0.3 is 0 Å². The van der Waals surface area contributed by atoms with Crippen LogP contribution >= 0.6 is 0 Å². The van der Waals surface area contributed by atoms with Crippen molar-refractivity contribution in [2.75, 3.05) is 32.8 Å². The molecule has 3 rings (SSSR count). The Bertz CT molecular complexity index is 866. The minimum Gasteiger partial charge on any atom is -0.483 e. The van der Waals surface area contributed by atoms with Gasteiger partial charge in [-0.15, -0.1) is 0 Å². The molecule has 0 spiro atoms. The number of hydrogen-bond donors (Lipinski definition) is 0. The van der Waals surface area contributed by atoms with Gasteiger partial charge < -0.3 is 14.5 Å². The molecule has 0 aliphatic carbocycles. The minimum absolute atomic E-state index is 0.0227. The highest BCUT2D eigenvalue weighted by Gasteiger charge is 2.25. The number of ether oxygens (including phenoxy) is 1. The summed E-state index contributed by atoms with van der Waals surface area (Å²) in [6, 6.07) is 13.7. The fourth-order valence-corrected chi connectivity index (χ4v) is 3.46. The van der Waals surface area contributed by atoms with Gasteiger partial charge in [-0.1, -0.05) is 38.1 Å². The van der Waals surface area contributed by atoms with Crippen LogP contribution in [0, 0.1) is 13.8 Å². The van der Waals surface area contributed by atoms with E-state index in [0.717, 1.165) is 16.9 Å². The highest BCUT2D eigenvalue weighted by Crippen LogP contribution is 2.21. The van der Waals surface area contributed by atoms with Crippen molar-refractivity contribution < 1.29 is 14.3 Å². The Kier molecular flexibility index (Phi) is 6.57. The maximum absolute atomic E-state index is 12.7. The van der Waals surface area contributed by atoms with Crippen LogP contribution in [0.5, 0.6) is 5.75 Å². The lowest BCUT2D eigenvalue weighted by atomic mass is 10.0. The molecule has 0 radical (unpaired) electrons. The standard InChI is InChI=1S/C24H30N2O3/c1-17(2)20-8-10-21(11-9-20)24(28)26-14-12-25(13-15-26)23(27)16-29-22-7-5-6-18(3)19(22)4/h5-11,17H,12-16H2,1-4H3. The Morgan fingerprint density at radius 2 is 1.55 bits per heavy atom. The molecule has 1 saturated heterocycles. The molecule has 1 heterocycles. The van der Waals surface area contributed by atoms with Crippen LogP contribution in [-0.4, -0.2) is 54.4 Å². The lowest BCUT2D eigenvalue weighted by Crippen LogP contribution is -2.51. The average molecular weight is 395 g/mol. The molecule has 0 atom stereocenters. The smallest absolute Gasteiger partial charge is 0.260 e. The highest BCUT2D eigenvalue weighted by atomic mass is 16.5. The maximum Gasteiger partial charge on any atom is 0.260 e. The van der Waals surface area contributed by atoms with Gasteiger partial charge in [-0.25, -0.2) is 0 Å². The van der Waals surface area contributed by atoms with Gasteiger partial charge in [-0.2, -0.15) is 0 Å². The summed E-state index contributed by atoms with van der Waals surface area (Å²) in [4.78, 5) is 28.8. The van der Waals surface area contributed by atoms with Gasteiger partial charge in [-0.05, 0) is 54.7 Å². The molecule has 2 aromatic carbocycles. The summed E-state index contributed by atoms with van der Waals surface area (Å²) in [5, 5.41) is 0. The van der Waals surface area contributed by atoms with Gasteiger partial charge in [0.1, 0.15) is 5.75 Å². The van der Waals surface area contributed by atoms with E-state index in [-0.39, 0.29) is 18.4 Å². The van der Waals surface area contributed by atoms with Crippen molar-refractivity contribution in [1.82, 2.24) is 9.80 Å². The summed E-state index contributed by atoms with van der Waals surface area (Å²) in [5.74, 6) is 1.18. The Labute approximate surface area is 173 Å². The lowest BCUT2D eigenvalue weighted by molar-refractivity contribution is -0.134. The lowest BCUT2D eigenvalue weighted by Gasteiger charge is -2.34. The predicted octanol–water partition coefficient (Wildman–Crippen LogP) is 3.79. The van der Waals surface area contributed by atoms with Crippen molar-refractivity contribution in [1.29, 1.82) is 0 Å². The Morgan fingerprint density at radius 1 is 0.931 bits per heavy atom. The summed E-state index contributed by atoms with van der Waals surface area (Å²) in [5.41, 5.74) is 4.12. The van der Waals surface area contributed by atoms with Crippen LogP contribution < -0.4 is 4.74 Å². The van der Waals surface area contributed by atoms with Gasteiger partial charge in [0.2, 0.25) is 0 Å². The summed E-state index contributed by atoms with van der Waals surface area (Å²) < 4.78 is 5.73. The molecule has 0 N–H and O–H groups in total. The van der Waals surface area contributed by atoms with Crippen molar-refractivity contribution in [3.05, 3.63) is 64.7 Å². The van der Waals surface area contributed by atoms with E-state index in [2.05, 4.69) is 13.8 Å². The van der Waals surface area contributed by atoms with Crippen LogP contribution in [-0.2, 0) is 4.79 Å². The Balaban J connectivity index is 1.51. The summed E-state index contributed by atoms with van der Waals surface area (Å²) in [6.45, 7) is 10.5. The van der Waals surface area contributed by atoms with Crippen LogP contribution in [0.2, 0.25) is 0 Å². The molecule has 2 amide bonds. The first-order valence-corrected chi connectivity index (χ1v) is 10.2. The monoisotopic (exact) mass is 394 g/mol. The third kappa shape index (κ3) is 4.97. The van der Waals surface area contributed by atoms with Gasteiger partial charge in [0.15, 0.2) is 6.61 Å². The Hall–Kier alpha value is -2.82. The molecule has 1 fully saturated rings. The molecule has 1 aliphatic heterocycles. The van der Waals surface area contributed by atoms with Crippen molar-refractivity contribution in [2.24, 2.45) is 0 Å². The van der Waals surface area contributed by atoms with Gasteiger partial charge in [-0.3, -0.25) is 9.59 Å². The second kappa shape index (κ2) is 9.12. The first-order chi connectivity index (χ1) is 13.9. The van der Waals surface area contributed by atoms with Gasteiger partial charge in [0, 0.05) is 31.7 Å². The molecule has 29 heavy (non-hydrogen) atoms. The molecule has 1 aliphatic rings. The quantitative estimate of drug-likeness (QED) is 0.775. The number of rotatable bonds is 5. The fourth-order valence-electron chi connectivity index (χ4n) is 3.46. The summed E-state index contributed by atoms with van der Waals surface area (Å²) in [6.07, 6.45) is 0. The van der Waals surface area contributed by atoms with E-state index in [1.807, 2.05) is 61.2 Å². The fraction of sp³-hybridized carbons (Fsp3) is 0.417. The van der Waals surface area contributed by atoms with Crippen LogP contribution in [0.3, 0.4) is 0 Å². The first-order valence-electron chi connectivity index (χ1n) is 10.2. The summed E-state index contributed by atoms with van der Waals surface area (Å²) in [7, 11) is 0. The number of benzene rings is 2. The molecule has 2 aromatic rings. The van der Waals surface area contributed by atoms with Crippen molar-refractivity contribution in [3.8, 4) is 5.75 Å². The number of carbonyl (C=O) groups is 2. The topological polar surface area (TPSA) is 49.9 Å². The van der Waals surface area contributed by atoms with E-state index in [4.69, 9.17) is 4.74 Å². The molecule has 5 heteroatoms. The SMILES string of the molecule is Cc1cccc(OCC(=O)N2CCN(C(=O)c3ccc(C(C)C)cc3)CC2)c1C. The molecule has 154 valence electrons. The third-order valence-electron chi connectivity index (χ3n) is 5.65. The molecule has 0 aromatic heterocycles. The largest absolute Gasteiger partial charge is 0.483 e. The zero-order chi connectivity index (χ0) is 21.0. The minimum atomic E-state index is -0.0423. The zero-order valence-corrected chi connectivity index (χ0v) is 17.8.